The molecule has 0 rings (SSSR count). The number of nitriles is 1. The molecule has 0 aliphatic rings. The fraction of sp³-hybridized carbons (Fsp3) is 0.818. The van der Waals surface area contributed by atoms with Crippen molar-refractivity contribution in [1.82, 2.24) is 5.32 Å². The predicted molar refractivity (Wildman–Crippen MR) is 108 cm³/mol. The summed E-state index contributed by atoms with van der Waals surface area (Å²) in [6.45, 7) is 4.37. The van der Waals surface area contributed by atoms with E-state index in [0.717, 1.165) is 12.8 Å². The molecule has 1 atom stereocenters. The third-order valence-electron chi connectivity index (χ3n) is 4.52. The van der Waals surface area contributed by atoms with Gasteiger partial charge < -0.3 is 0 Å². The van der Waals surface area contributed by atoms with E-state index in [1.54, 1.807) is 6.92 Å². The van der Waals surface area contributed by atoms with Gasteiger partial charge in [0.2, 0.25) is 0 Å². The molecule has 1 unspecified atom stereocenters. The monoisotopic (exact) mass is 348 g/mol. The molecule has 0 aliphatic heterocycles. The van der Waals surface area contributed by atoms with Crippen LogP contribution >= 0.6 is 0 Å². The van der Waals surface area contributed by atoms with Gasteiger partial charge in [-0.3, -0.25) is 10.1 Å². The van der Waals surface area contributed by atoms with E-state index < -0.39 is 0 Å². The molecule has 1 N–H and O–H groups in total. The topological polar surface area (TPSA) is 52.9 Å². The van der Waals surface area contributed by atoms with Gasteiger partial charge >= 0.3 is 0 Å². The summed E-state index contributed by atoms with van der Waals surface area (Å²) in [7, 11) is 0. The number of carbonyl (C=O) groups excluding carboxylic acids is 1. The lowest BCUT2D eigenvalue weighted by molar-refractivity contribution is -0.118. The van der Waals surface area contributed by atoms with Crippen LogP contribution in [-0.2, 0) is 4.79 Å². The lowest BCUT2D eigenvalue weighted by Gasteiger charge is -2.05. The Kier molecular flexibility index (Phi) is 18.3. The van der Waals surface area contributed by atoms with Crippen LogP contribution < -0.4 is 5.32 Å². The van der Waals surface area contributed by atoms with Gasteiger partial charge in [-0.05, 0) is 39.0 Å². The fourth-order valence-electron chi connectivity index (χ4n) is 2.79. The smallest absolute Gasteiger partial charge is 0.146 e. The number of Topliss-reactive ketones (excluding diaryl/α,β-unsaturated/α-hetero) is 1. The third-order valence-corrected chi connectivity index (χ3v) is 4.52. The first kappa shape index (κ1) is 23.9. The minimum atomic E-state index is -0.238. The van der Waals surface area contributed by atoms with Crippen molar-refractivity contribution in [1.29, 1.82) is 5.26 Å². The number of rotatable bonds is 18. The van der Waals surface area contributed by atoms with Crippen LogP contribution in [0.4, 0.5) is 0 Å². The van der Waals surface area contributed by atoms with Crippen LogP contribution in [0.25, 0.3) is 0 Å². The van der Waals surface area contributed by atoms with E-state index in [0.29, 0.717) is 13.0 Å². The summed E-state index contributed by atoms with van der Waals surface area (Å²) in [6, 6.07) is 1.84. The second-order valence-corrected chi connectivity index (χ2v) is 7.10. The maximum Gasteiger partial charge on any atom is 0.146 e. The van der Waals surface area contributed by atoms with Gasteiger partial charge in [0.15, 0.2) is 0 Å². The Balaban J connectivity index is 3.24. The maximum absolute atomic E-state index is 11.6. The molecule has 0 amide bonds. The van der Waals surface area contributed by atoms with Crippen LogP contribution in [0.15, 0.2) is 12.2 Å². The predicted octanol–water partition coefficient (Wildman–Crippen LogP) is 6.09. The first-order valence-corrected chi connectivity index (χ1v) is 10.5. The third kappa shape index (κ3) is 19.0. The standard InChI is InChI=1S/C22H40N2O/c1-3-4-5-6-7-8-9-10-11-12-13-14-15-16-17-18-22(25)20-24-21(2)19-23/h10-11,21,24H,3-9,12-18,20H2,1-2H3/b11-10-. The second kappa shape index (κ2) is 19.2. The number of ketones is 1. The van der Waals surface area contributed by atoms with Gasteiger partial charge in [-0.1, -0.05) is 70.4 Å². The summed E-state index contributed by atoms with van der Waals surface area (Å²) in [5, 5.41) is 11.6. The zero-order chi connectivity index (χ0) is 18.6. The molecule has 0 aromatic heterocycles. The van der Waals surface area contributed by atoms with Crippen molar-refractivity contribution in [2.24, 2.45) is 0 Å². The van der Waals surface area contributed by atoms with Gasteiger partial charge in [-0.2, -0.15) is 5.26 Å². The molecule has 144 valence electrons. The second-order valence-electron chi connectivity index (χ2n) is 7.10. The Hall–Kier alpha value is -1.14. The van der Waals surface area contributed by atoms with E-state index in [9.17, 15) is 4.79 Å². The molecule has 0 aromatic carbocycles. The number of nitrogens with one attached hydrogen (secondary N) is 1. The van der Waals surface area contributed by atoms with Gasteiger partial charge in [0.1, 0.15) is 5.78 Å². The summed E-state index contributed by atoms with van der Waals surface area (Å²) in [6.07, 6.45) is 21.9. The summed E-state index contributed by atoms with van der Waals surface area (Å²) < 4.78 is 0. The molecule has 25 heavy (non-hydrogen) atoms. The van der Waals surface area contributed by atoms with Crippen molar-refractivity contribution in [2.75, 3.05) is 6.54 Å². The largest absolute Gasteiger partial charge is 0.298 e. The quantitative estimate of drug-likeness (QED) is 0.241. The Morgan fingerprint density at radius 2 is 1.44 bits per heavy atom. The highest BCUT2D eigenvalue weighted by Crippen LogP contribution is 2.10. The van der Waals surface area contributed by atoms with Crippen LogP contribution in [0.3, 0.4) is 0 Å². The summed E-state index contributed by atoms with van der Waals surface area (Å²) in [5.74, 6) is 0.222. The highest BCUT2D eigenvalue weighted by molar-refractivity contribution is 5.80. The summed E-state index contributed by atoms with van der Waals surface area (Å²) >= 11 is 0. The average molecular weight is 349 g/mol. The molecule has 0 spiro atoms. The van der Waals surface area contributed by atoms with E-state index in [-0.39, 0.29) is 11.8 Å². The van der Waals surface area contributed by atoms with E-state index in [1.807, 2.05) is 0 Å². The number of carbonyl (C=O) groups is 1. The average Bonchev–Trinajstić information content (AvgIpc) is 2.62. The molecule has 3 heteroatoms. The lowest BCUT2D eigenvalue weighted by Crippen LogP contribution is -2.30. The number of nitrogens with zero attached hydrogens (tertiary/aromatic N) is 1. The van der Waals surface area contributed by atoms with Gasteiger partial charge in [0.25, 0.3) is 0 Å². The van der Waals surface area contributed by atoms with Crippen molar-refractivity contribution in [3.63, 3.8) is 0 Å². The zero-order valence-electron chi connectivity index (χ0n) is 16.7. The minimum Gasteiger partial charge on any atom is -0.298 e. The van der Waals surface area contributed by atoms with Crippen LogP contribution in [-0.4, -0.2) is 18.4 Å². The van der Waals surface area contributed by atoms with E-state index >= 15 is 0 Å². The number of hydrogen-bond donors (Lipinski definition) is 1. The van der Waals surface area contributed by atoms with Crippen LogP contribution in [0, 0.1) is 11.3 Å². The number of allylic oxidation sites excluding steroid dienone is 2. The van der Waals surface area contributed by atoms with Gasteiger partial charge in [-0.15, -0.1) is 0 Å². The molecular weight excluding hydrogens is 308 g/mol. The highest BCUT2D eigenvalue weighted by Gasteiger charge is 2.04. The van der Waals surface area contributed by atoms with Gasteiger partial charge in [0.05, 0.1) is 18.7 Å². The Morgan fingerprint density at radius 3 is 2.00 bits per heavy atom. The molecule has 0 aliphatic carbocycles. The van der Waals surface area contributed by atoms with Gasteiger partial charge in [-0.25, -0.2) is 0 Å². The number of unbranched alkanes of at least 4 members (excludes halogenated alkanes) is 11. The molecule has 0 saturated carbocycles. The number of hydrogen-bond acceptors (Lipinski definition) is 3. The van der Waals surface area contributed by atoms with E-state index in [1.165, 1.54) is 70.6 Å². The minimum absolute atomic E-state index is 0.222. The Morgan fingerprint density at radius 1 is 0.920 bits per heavy atom. The maximum atomic E-state index is 11.6. The molecule has 0 bridgehead atoms. The van der Waals surface area contributed by atoms with Crippen molar-refractivity contribution < 1.29 is 4.79 Å². The molecular formula is C22H40N2O. The Labute approximate surface area is 156 Å². The molecule has 0 heterocycles. The van der Waals surface area contributed by atoms with Crippen molar-refractivity contribution in [3.05, 3.63) is 12.2 Å². The van der Waals surface area contributed by atoms with Crippen LogP contribution in [0.1, 0.15) is 104 Å². The molecule has 3 nitrogen and oxygen atoms in total. The lowest BCUT2D eigenvalue weighted by atomic mass is 10.1. The SMILES string of the molecule is CCCCCCCC/C=C\CCCCCCCC(=O)CNC(C)C#N. The van der Waals surface area contributed by atoms with Gasteiger partial charge in [0, 0.05) is 6.42 Å². The fourth-order valence-corrected chi connectivity index (χ4v) is 2.79. The van der Waals surface area contributed by atoms with E-state index in [4.69, 9.17) is 5.26 Å². The van der Waals surface area contributed by atoms with Crippen molar-refractivity contribution in [2.45, 2.75) is 110 Å². The molecule has 0 fully saturated rings. The molecule has 0 radical (unpaired) electrons. The van der Waals surface area contributed by atoms with Crippen LogP contribution in [0.5, 0.6) is 0 Å². The van der Waals surface area contributed by atoms with Crippen molar-refractivity contribution >= 4 is 5.78 Å². The summed E-state index contributed by atoms with van der Waals surface area (Å²) in [5.41, 5.74) is 0. The molecule has 0 saturated heterocycles. The molecule has 0 aromatic rings. The van der Waals surface area contributed by atoms with Crippen molar-refractivity contribution in [3.8, 4) is 6.07 Å². The first-order valence-electron chi connectivity index (χ1n) is 10.5. The van der Waals surface area contributed by atoms with Crippen LogP contribution in [0.2, 0.25) is 0 Å². The normalized spacial score (nSPS) is 12.4. The zero-order valence-corrected chi connectivity index (χ0v) is 16.7. The summed E-state index contributed by atoms with van der Waals surface area (Å²) in [4.78, 5) is 11.6. The Bertz CT molecular complexity index is 371. The first-order chi connectivity index (χ1) is 12.2. The highest BCUT2D eigenvalue weighted by atomic mass is 16.1. The van der Waals surface area contributed by atoms with E-state index in [2.05, 4.69) is 30.5 Å².